The maximum Gasteiger partial charge on any atom is 0.160 e. The predicted molar refractivity (Wildman–Crippen MR) is 70.9 cm³/mol. The van der Waals surface area contributed by atoms with Crippen LogP contribution in [0.5, 0.6) is 5.75 Å². The molecular weight excluding hydrogens is 232 g/mol. The molecule has 1 fully saturated rings. The summed E-state index contributed by atoms with van der Waals surface area (Å²) in [6, 6.07) is 1.84. The first kappa shape index (κ1) is 12.6. The van der Waals surface area contributed by atoms with E-state index in [1.165, 1.54) is 17.8 Å². The van der Waals surface area contributed by atoms with Gasteiger partial charge < -0.3 is 4.74 Å². The first-order chi connectivity index (χ1) is 7.98. The van der Waals surface area contributed by atoms with Gasteiger partial charge in [-0.15, -0.1) is 11.3 Å². The lowest BCUT2D eigenvalue weighted by Crippen LogP contribution is -2.34. The van der Waals surface area contributed by atoms with Gasteiger partial charge in [0.25, 0.3) is 0 Å². The van der Waals surface area contributed by atoms with Crippen LogP contribution >= 0.6 is 11.3 Å². The minimum atomic E-state index is 0.294. The average molecular weight is 252 g/mol. The molecule has 1 aromatic heterocycles. The van der Waals surface area contributed by atoms with Crippen LogP contribution < -0.4 is 4.74 Å². The Hall–Kier alpha value is -0.830. The number of hydrogen-bond donors (Lipinski definition) is 0. The van der Waals surface area contributed by atoms with Crippen LogP contribution in [0.2, 0.25) is 0 Å². The van der Waals surface area contributed by atoms with Gasteiger partial charge in [-0.3, -0.25) is 4.79 Å². The number of ether oxygens (including phenoxy) is 1. The molecule has 0 aliphatic heterocycles. The van der Waals surface area contributed by atoms with E-state index in [4.69, 9.17) is 4.74 Å². The van der Waals surface area contributed by atoms with Crippen molar-refractivity contribution < 1.29 is 9.53 Å². The molecule has 1 aliphatic carbocycles. The zero-order valence-electron chi connectivity index (χ0n) is 10.7. The lowest BCUT2D eigenvalue weighted by Gasteiger charge is -2.38. The number of carbonyl (C=O) groups excluding carboxylic acids is 1. The van der Waals surface area contributed by atoms with Crippen molar-refractivity contribution >= 4 is 17.6 Å². The number of aldehydes is 1. The monoisotopic (exact) mass is 252 g/mol. The van der Waals surface area contributed by atoms with E-state index in [1.807, 2.05) is 11.4 Å². The van der Waals surface area contributed by atoms with Crippen LogP contribution in [0, 0.1) is 11.3 Å². The summed E-state index contributed by atoms with van der Waals surface area (Å²) in [5, 5.41) is 1.93. The lowest BCUT2D eigenvalue weighted by molar-refractivity contribution is 0.0565. The van der Waals surface area contributed by atoms with E-state index in [0.717, 1.165) is 29.8 Å². The van der Waals surface area contributed by atoms with Gasteiger partial charge in [-0.05, 0) is 30.6 Å². The van der Waals surface area contributed by atoms with Gasteiger partial charge >= 0.3 is 0 Å². The highest BCUT2D eigenvalue weighted by Gasteiger charge is 2.33. The standard InChI is InChI=1S/C14H20O2S/c1-10-4-11(7-14(2,3)6-10)16-12-5-13(8-15)17-9-12/h5,8-11H,4,6-7H2,1-3H3. The van der Waals surface area contributed by atoms with Crippen molar-refractivity contribution in [2.75, 3.05) is 0 Å². The summed E-state index contributed by atoms with van der Waals surface area (Å²) in [5.41, 5.74) is 0.367. The molecule has 1 saturated carbocycles. The zero-order chi connectivity index (χ0) is 12.5. The second-order valence-electron chi connectivity index (χ2n) is 5.96. The SMILES string of the molecule is CC1CC(Oc2csc(C=O)c2)CC(C)(C)C1. The number of thiophene rings is 1. The summed E-state index contributed by atoms with van der Waals surface area (Å²) >= 11 is 1.45. The first-order valence-corrected chi connectivity index (χ1v) is 7.07. The van der Waals surface area contributed by atoms with E-state index in [-0.39, 0.29) is 0 Å². The summed E-state index contributed by atoms with van der Waals surface area (Å²) in [4.78, 5) is 11.4. The molecule has 0 saturated heterocycles. The molecule has 2 unspecified atom stereocenters. The van der Waals surface area contributed by atoms with Gasteiger partial charge in [-0.2, -0.15) is 0 Å². The maximum absolute atomic E-state index is 10.6. The quantitative estimate of drug-likeness (QED) is 0.755. The molecular formula is C14H20O2S. The molecule has 0 radical (unpaired) electrons. The van der Waals surface area contributed by atoms with E-state index < -0.39 is 0 Å². The van der Waals surface area contributed by atoms with E-state index in [2.05, 4.69) is 20.8 Å². The third-order valence-corrected chi connectivity index (χ3v) is 4.20. The lowest BCUT2D eigenvalue weighted by atomic mass is 9.71. The number of rotatable bonds is 3. The number of hydrogen-bond acceptors (Lipinski definition) is 3. The van der Waals surface area contributed by atoms with Crippen LogP contribution in [0.4, 0.5) is 0 Å². The molecule has 94 valence electrons. The van der Waals surface area contributed by atoms with Crippen molar-refractivity contribution in [3.63, 3.8) is 0 Å². The van der Waals surface area contributed by atoms with Crippen LogP contribution in [0.3, 0.4) is 0 Å². The Morgan fingerprint density at radius 2 is 2.24 bits per heavy atom. The fraction of sp³-hybridized carbons (Fsp3) is 0.643. The van der Waals surface area contributed by atoms with Gasteiger partial charge in [0, 0.05) is 11.4 Å². The Morgan fingerprint density at radius 3 is 2.82 bits per heavy atom. The largest absolute Gasteiger partial charge is 0.490 e. The van der Waals surface area contributed by atoms with Crippen molar-refractivity contribution in [2.45, 2.75) is 46.1 Å². The first-order valence-electron chi connectivity index (χ1n) is 6.19. The van der Waals surface area contributed by atoms with Crippen molar-refractivity contribution in [3.8, 4) is 5.75 Å². The second kappa shape index (κ2) is 4.81. The van der Waals surface area contributed by atoms with Crippen molar-refractivity contribution in [2.24, 2.45) is 11.3 Å². The minimum absolute atomic E-state index is 0.294. The topological polar surface area (TPSA) is 26.3 Å². The van der Waals surface area contributed by atoms with E-state index in [1.54, 1.807) is 0 Å². The number of carbonyl (C=O) groups is 1. The van der Waals surface area contributed by atoms with Crippen LogP contribution in [0.25, 0.3) is 0 Å². The predicted octanol–water partition coefficient (Wildman–Crippen LogP) is 4.15. The summed E-state index contributed by atoms with van der Waals surface area (Å²) in [6.07, 6.45) is 4.67. The summed E-state index contributed by atoms with van der Waals surface area (Å²) in [6.45, 7) is 6.91. The Bertz CT molecular complexity index is 395. The van der Waals surface area contributed by atoms with Gasteiger partial charge in [0.2, 0.25) is 0 Å². The molecule has 1 aliphatic rings. The normalized spacial score (nSPS) is 27.7. The van der Waals surface area contributed by atoms with Gasteiger partial charge in [-0.25, -0.2) is 0 Å². The van der Waals surface area contributed by atoms with Crippen LogP contribution in [-0.2, 0) is 0 Å². The zero-order valence-corrected chi connectivity index (χ0v) is 11.5. The third kappa shape index (κ3) is 3.32. The second-order valence-corrected chi connectivity index (χ2v) is 6.90. The fourth-order valence-corrected chi connectivity index (χ4v) is 3.61. The molecule has 0 aromatic carbocycles. The molecule has 17 heavy (non-hydrogen) atoms. The third-order valence-electron chi connectivity index (χ3n) is 3.36. The van der Waals surface area contributed by atoms with E-state index in [9.17, 15) is 4.79 Å². The summed E-state index contributed by atoms with van der Waals surface area (Å²) in [5.74, 6) is 1.57. The molecule has 2 rings (SSSR count). The van der Waals surface area contributed by atoms with Crippen LogP contribution in [0.15, 0.2) is 11.4 Å². The molecule has 1 heterocycles. The summed E-state index contributed by atoms with van der Waals surface area (Å²) < 4.78 is 6.00. The van der Waals surface area contributed by atoms with Gasteiger partial charge in [-0.1, -0.05) is 20.8 Å². The van der Waals surface area contributed by atoms with Gasteiger partial charge in [0.15, 0.2) is 6.29 Å². The molecule has 2 atom stereocenters. The van der Waals surface area contributed by atoms with Crippen molar-refractivity contribution in [3.05, 3.63) is 16.3 Å². The summed E-state index contributed by atoms with van der Waals surface area (Å²) in [7, 11) is 0. The van der Waals surface area contributed by atoms with Gasteiger partial charge in [0.05, 0.1) is 11.0 Å². The maximum atomic E-state index is 10.6. The molecule has 0 bridgehead atoms. The Morgan fingerprint density at radius 1 is 1.47 bits per heavy atom. The average Bonchev–Trinajstić information content (AvgIpc) is 2.62. The molecule has 0 N–H and O–H groups in total. The smallest absolute Gasteiger partial charge is 0.160 e. The highest BCUT2D eigenvalue weighted by Crippen LogP contribution is 2.40. The van der Waals surface area contributed by atoms with E-state index in [0.29, 0.717) is 17.4 Å². The van der Waals surface area contributed by atoms with Crippen molar-refractivity contribution in [1.29, 1.82) is 0 Å². The van der Waals surface area contributed by atoms with Crippen LogP contribution in [0.1, 0.15) is 49.7 Å². The molecule has 2 nitrogen and oxygen atoms in total. The fourth-order valence-electron chi connectivity index (χ4n) is 3.00. The Labute approximate surface area is 107 Å². The van der Waals surface area contributed by atoms with Crippen molar-refractivity contribution in [1.82, 2.24) is 0 Å². The Kier molecular flexibility index (Phi) is 3.57. The van der Waals surface area contributed by atoms with Gasteiger partial charge in [0.1, 0.15) is 5.75 Å². The highest BCUT2D eigenvalue weighted by atomic mass is 32.1. The van der Waals surface area contributed by atoms with Crippen LogP contribution in [-0.4, -0.2) is 12.4 Å². The molecule has 1 aromatic rings. The molecule has 0 spiro atoms. The Balaban J connectivity index is 2.00. The highest BCUT2D eigenvalue weighted by molar-refractivity contribution is 7.11. The minimum Gasteiger partial charge on any atom is -0.490 e. The molecule has 0 amide bonds. The molecule has 3 heteroatoms. The van der Waals surface area contributed by atoms with E-state index >= 15 is 0 Å².